The minimum atomic E-state index is -0.231. The van der Waals surface area contributed by atoms with Gasteiger partial charge in [0, 0.05) is 12.6 Å². The number of thiophene rings is 1. The van der Waals surface area contributed by atoms with Gasteiger partial charge in [-0.05, 0) is 25.3 Å². The molecule has 0 fully saturated rings. The van der Waals surface area contributed by atoms with E-state index in [-0.39, 0.29) is 17.2 Å². The van der Waals surface area contributed by atoms with Crippen LogP contribution in [0.15, 0.2) is 32.0 Å². The molecular formula is C14H14N4O3S2. The second-order valence-electron chi connectivity index (χ2n) is 4.74. The Bertz CT molecular complexity index is 912. The van der Waals surface area contributed by atoms with Crippen molar-refractivity contribution in [3.05, 3.63) is 33.6 Å². The monoisotopic (exact) mass is 350 g/mol. The number of anilines is 1. The highest BCUT2D eigenvalue weighted by atomic mass is 32.2. The highest BCUT2D eigenvalue weighted by Crippen LogP contribution is 2.21. The molecular weight excluding hydrogens is 336 g/mol. The fraction of sp³-hybridized carbons (Fsp3) is 0.286. The van der Waals surface area contributed by atoms with Gasteiger partial charge >= 0.3 is 0 Å². The van der Waals surface area contributed by atoms with Crippen LogP contribution in [0.4, 0.5) is 5.82 Å². The summed E-state index contributed by atoms with van der Waals surface area (Å²) in [6.45, 7) is 4.13. The van der Waals surface area contributed by atoms with Crippen LogP contribution in [0.5, 0.6) is 0 Å². The minimum Gasteiger partial charge on any atom is -0.360 e. The molecule has 0 unspecified atom stereocenters. The number of aryl methyl sites for hydroxylation is 1. The summed E-state index contributed by atoms with van der Waals surface area (Å²) < 4.78 is 7.11. The molecule has 3 rings (SSSR count). The maximum Gasteiger partial charge on any atom is 0.272 e. The first-order valence-electron chi connectivity index (χ1n) is 6.92. The molecule has 0 aromatic carbocycles. The van der Waals surface area contributed by atoms with Gasteiger partial charge in [0.25, 0.3) is 5.56 Å². The molecule has 0 aliphatic carbocycles. The Morgan fingerprint density at radius 3 is 3.04 bits per heavy atom. The lowest BCUT2D eigenvalue weighted by atomic mass is 10.5. The number of nitrogens with zero attached hydrogens (tertiary/aromatic N) is 3. The van der Waals surface area contributed by atoms with Crippen LogP contribution in [0.3, 0.4) is 0 Å². The van der Waals surface area contributed by atoms with E-state index in [0.717, 1.165) is 0 Å². The van der Waals surface area contributed by atoms with Gasteiger partial charge in [0.05, 0.1) is 11.3 Å². The number of amides is 1. The highest BCUT2D eigenvalue weighted by Gasteiger charge is 2.13. The van der Waals surface area contributed by atoms with Crippen molar-refractivity contribution in [1.82, 2.24) is 14.7 Å². The van der Waals surface area contributed by atoms with Crippen molar-refractivity contribution in [3.8, 4) is 0 Å². The van der Waals surface area contributed by atoms with E-state index in [1.54, 1.807) is 17.6 Å². The molecule has 1 amide bonds. The topological polar surface area (TPSA) is 90.0 Å². The van der Waals surface area contributed by atoms with Crippen LogP contribution in [0, 0.1) is 6.92 Å². The van der Waals surface area contributed by atoms with Gasteiger partial charge in [-0.1, -0.05) is 16.9 Å². The second kappa shape index (κ2) is 6.55. The number of rotatable bonds is 5. The molecule has 0 saturated heterocycles. The van der Waals surface area contributed by atoms with Crippen molar-refractivity contribution in [2.45, 2.75) is 25.5 Å². The number of nitrogens with one attached hydrogen (secondary N) is 1. The average molecular weight is 350 g/mol. The van der Waals surface area contributed by atoms with Crippen molar-refractivity contribution < 1.29 is 9.32 Å². The number of carbonyl (C=O) groups excluding carboxylic acids is 1. The maximum atomic E-state index is 12.4. The number of fused-ring (bicyclic) bond motifs is 1. The van der Waals surface area contributed by atoms with Crippen molar-refractivity contribution in [2.75, 3.05) is 11.1 Å². The standard InChI is InChI=1S/C14H14N4O3S2/c1-3-18-13(20)12-9(4-5-22-12)15-14(18)23-7-11(19)16-10-6-8(2)21-17-10/h4-6H,3,7H2,1-2H3,(H,16,17,19). The summed E-state index contributed by atoms with van der Waals surface area (Å²) in [4.78, 5) is 28.8. The molecule has 9 heteroatoms. The number of hydrogen-bond acceptors (Lipinski definition) is 7. The van der Waals surface area contributed by atoms with Gasteiger partial charge in [-0.15, -0.1) is 11.3 Å². The summed E-state index contributed by atoms with van der Waals surface area (Å²) in [7, 11) is 0. The van der Waals surface area contributed by atoms with Gasteiger partial charge in [-0.2, -0.15) is 0 Å². The Morgan fingerprint density at radius 1 is 1.52 bits per heavy atom. The lowest BCUT2D eigenvalue weighted by Gasteiger charge is -2.09. The maximum absolute atomic E-state index is 12.4. The van der Waals surface area contributed by atoms with Gasteiger partial charge in [0.1, 0.15) is 10.5 Å². The molecule has 0 aliphatic heterocycles. The highest BCUT2D eigenvalue weighted by molar-refractivity contribution is 7.99. The zero-order chi connectivity index (χ0) is 16.4. The Hall–Kier alpha value is -2.13. The molecule has 0 radical (unpaired) electrons. The summed E-state index contributed by atoms with van der Waals surface area (Å²) in [5.74, 6) is 0.902. The predicted molar refractivity (Wildman–Crippen MR) is 90.1 cm³/mol. The fourth-order valence-corrected chi connectivity index (χ4v) is 3.69. The largest absolute Gasteiger partial charge is 0.360 e. The van der Waals surface area contributed by atoms with Crippen LogP contribution in [0.25, 0.3) is 10.2 Å². The summed E-state index contributed by atoms with van der Waals surface area (Å²) in [5, 5.41) is 8.72. The number of aromatic nitrogens is 3. The van der Waals surface area contributed by atoms with Crippen LogP contribution in [-0.2, 0) is 11.3 Å². The van der Waals surface area contributed by atoms with Crippen molar-refractivity contribution in [1.29, 1.82) is 0 Å². The van der Waals surface area contributed by atoms with Gasteiger partial charge in [-0.3, -0.25) is 14.2 Å². The van der Waals surface area contributed by atoms with Crippen molar-refractivity contribution in [3.63, 3.8) is 0 Å². The molecule has 0 saturated carbocycles. The molecule has 23 heavy (non-hydrogen) atoms. The van der Waals surface area contributed by atoms with Crippen LogP contribution in [-0.4, -0.2) is 26.4 Å². The lowest BCUT2D eigenvalue weighted by molar-refractivity contribution is -0.113. The van der Waals surface area contributed by atoms with Gasteiger partial charge in [0.15, 0.2) is 11.0 Å². The molecule has 0 aliphatic rings. The Kier molecular flexibility index (Phi) is 4.49. The van der Waals surface area contributed by atoms with E-state index < -0.39 is 0 Å². The number of thioether (sulfide) groups is 1. The van der Waals surface area contributed by atoms with Crippen LogP contribution >= 0.6 is 23.1 Å². The molecule has 1 N–H and O–H groups in total. The number of carbonyl (C=O) groups is 1. The van der Waals surface area contributed by atoms with Crippen LogP contribution in [0.2, 0.25) is 0 Å². The first-order chi connectivity index (χ1) is 11.1. The summed E-state index contributed by atoms with van der Waals surface area (Å²) in [6.07, 6.45) is 0. The minimum absolute atomic E-state index is 0.0671. The quantitative estimate of drug-likeness (QED) is 0.562. The Morgan fingerprint density at radius 2 is 2.35 bits per heavy atom. The lowest BCUT2D eigenvalue weighted by Crippen LogP contribution is -2.22. The first-order valence-corrected chi connectivity index (χ1v) is 8.79. The van der Waals surface area contributed by atoms with E-state index in [1.165, 1.54) is 23.1 Å². The van der Waals surface area contributed by atoms with Crippen LogP contribution < -0.4 is 10.9 Å². The van der Waals surface area contributed by atoms with Gasteiger partial charge in [0.2, 0.25) is 5.91 Å². The normalized spacial score (nSPS) is 11.0. The molecule has 3 aromatic heterocycles. The first kappa shape index (κ1) is 15.8. The predicted octanol–water partition coefficient (Wildman–Crippen LogP) is 2.51. The number of hydrogen-bond donors (Lipinski definition) is 1. The third-order valence-corrected chi connectivity index (χ3v) is 4.94. The smallest absolute Gasteiger partial charge is 0.272 e. The Labute approximate surface area is 139 Å². The molecule has 0 spiro atoms. The zero-order valence-corrected chi connectivity index (χ0v) is 14.2. The molecule has 0 atom stereocenters. The zero-order valence-electron chi connectivity index (χ0n) is 12.5. The van der Waals surface area contributed by atoms with Crippen molar-refractivity contribution >= 4 is 45.0 Å². The van der Waals surface area contributed by atoms with E-state index in [2.05, 4.69) is 15.5 Å². The van der Waals surface area contributed by atoms with Gasteiger partial charge < -0.3 is 9.84 Å². The molecule has 3 aromatic rings. The van der Waals surface area contributed by atoms with E-state index in [0.29, 0.717) is 33.5 Å². The van der Waals surface area contributed by atoms with E-state index in [1.807, 2.05) is 18.4 Å². The summed E-state index contributed by atoms with van der Waals surface area (Å²) in [6, 6.07) is 3.45. The van der Waals surface area contributed by atoms with Crippen molar-refractivity contribution in [2.24, 2.45) is 0 Å². The van der Waals surface area contributed by atoms with E-state index in [9.17, 15) is 9.59 Å². The third kappa shape index (κ3) is 3.30. The summed E-state index contributed by atoms with van der Waals surface area (Å²) >= 11 is 2.60. The third-order valence-electron chi connectivity index (χ3n) is 3.07. The van der Waals surface area contributed by atoms with E-state index in [4.69, 9.17) is 4.52 Å². The van der Waals surface area contributed by atoms with Gasteiger partial charge in [-0.25, -0.2) is 4.98 Å². The average Bonchev–Trinajstić information content (AvgIpc) is 3.14. The molecule has 120 valence electrons. The SMILES string of the molecule is CCn1c(SCC(=O)Nc2cc(C)on2)nc2ccsc2c1=O. The molecule has 3 heterocycles. The summed E-state index contributed by atoms with van der Waals surface area (Å²) in [5.41, 5.74) is 0.599. The molecule has 0 bridgehead atoms. The molecule has 7 nitrogen and oxygen atoms in total. The van der Waals surface area contributed by atoms with E-state index >= 15 is 0 Å². The Balaban J connectivity index is 1.76. The second-order valence-corrected chi connectivity index (χ2v) is 6.60. The fourth-order valence-electron chi connectivity index (χ4n) is 2.05. The van der Waals surface area contributed by atoms with Crippen LogP contribution in [0.1, 0.15) is 12.7 Å².